The van der Waals surface area contributed by atoms with Crippen molar-refractivity contribution < 1.29 is 8.81 Å². The van der Waals surface area contributed by atoms with Crippen molar-refractivity contribution in [2.75, 3.05) is 6.54 Å². The normalized spacial score (nSPS) is 11.2. The third-order valence-electron chi connectivity index (χ3n) is 3.55. The molecular formula is C18H18FNO. The summed E-state index contributed by atoms with van der Waals surface area (Å²) in [4.78, 5) is 0. The highest BCUT2D eigenvalue weighted by Crippen LogP contribution is 2.30. The highest BCUT2D eigenvalue weighted by molar-refractivity contribution is 5.83. The number of halogens is 1. The molecule has 0 aliphatic rings. The maximum atomic E-state index is 14.3. The van der Waals surface area contributed by atoms with E-state index < -0.39 is 0 Å². The number of rotatable bonds is 4. The van der Waals surface area contributed by atoms with Crippen LogP contribution in [-0.2, 0) is 6.54 Å². The van der Waals surface area contributed by atoms with E-state index in [1.807, 2.05) is 44.2 Å². The van der Waals surface area contributed by atoms with Gasteiger partial charge < -0.3 is 9.73 Å². The van der Waals surface area contributed by atoms with Crippen molar-refractivity contribution in [3.63, 3.8) is 0 Å². The van der Waals surface area contributed by atoms with Gasteiger partial charge in [-0.25, -0.2) is 4.39 Å². The van der Waals surface area contributed by atoms with Crippen LogP contribution in [0, 0.1) is 12.7 Å². The summed E-state index contributed by atoms with van der Waals surface area (Å²) in [5.74, 6) is 0.323. The van der Waals surface area contributed by atoms with Crippen LogP contribution in [0.4, 0.5) is 4.39 Å². The molecule has 0 unspecified atom stereocenters. The fourth-order valence-corrected chi connectivity index (χ4v) is 2.43. The summed E-state index contributed by atoms with van der Waals surface area (Å²) in [5, 5.41) is 4.19. The summed E-state index contributed by atoms with van der Waals surface area (Å²) in [7, 11) is 0. The quantitative estimate of drug-likeness (QED) is 0.753. The summed E-state index contributed by atoms with van der Waals surface area (Å²) in [6, 6.07) is 13.1. The number of aryl methyl sites for hydroxylation is 1. The van der Waals surface area contributed by atoms with Gasteiger partial charge in [-0.05, 0) is 49.4 Å². The van der Waals surface area contributed by atoms with Crippen LogP contribution in [0.3, 0.4) is 0 Å². The van der Waals surface area contributed by atoms with Gasteiger partial charge in [0.25, 0.3) is 0 Å². The maximum Gasteiger partial charge on any atom is 0.138 e. The number of furan rings is 1. The van der Waals surface area contributed by atoms with E-state index in [0.717, 1.165) is 28.6 Å². The number of nitrogens with one attached hydrogen (secondary N) is 1. The Labute approximate surface area is 123 Å². The lowest BCUT2D eigenvalue weighted by Crippen LogP contribution is -2.11. The third-order valence-corrected chi connectivity index (χ3v) is 3.55. The topological polar surface area (TPSA) is 25.2 Å². The lowest BCUT2D eigenvalue weighted by Gasteiger charge is -2.04. The Hall–Kier alpha value is -2.13. The second-order valence-corrected chi connectivity index (χ2v) is 5.25. The van der Waals surface area contributed by atoms with E-state index >= 15 is 0 Å². The van der Waals surface area contributed by atoms with E-state index in [9.17, 15) is 4.39 Å². The molecule has 0 saturated heterocycles. The molecule has 108 valence electrons. The van der Waals surface area contributed by atoms with Crippen molar-refractivity contribution in [3.05, 3.63) is 59.4 Å². The lowest BCUT2D eigenvalue weighted by molar-refractivity contribution is 0.598. The average molecular weight is 283 g/mol. The molecule has 0 saturated carbocycles. The maximum absolute atomic E-state index is 14.3. The Morgan fingerprint density at radius 1 is 1.10 bits per heavy atom. The monoisotopic (exact) mass is 283 g/mol. The zero-order chi connectivity index (χ0) is 14.8. The van der Waals surface area contributed by atoms with Crippen molar-refractivity contribution in [1.82, 2.24) is 5.32 Å². The van der Waals surface area contributed by atoms with E-state index in [0.29, 0.717) is 17.9 Å². The number of hydrogen-bond donors (Lipinski definition) is 1. The minimum Gasteiger partial charge on any atom is -0.456 e. The van der Waals surface area contributed by atoms with Gasteiger partial charge >= 0.3 is 0 Å². The highest BCUT2D eigenvalue weighted by atomic mass is 19.1. The molecule has 0 radical (unpaired) electrons. The zero-order valence-corrected chi connectivity index (χ0v) is 12.2. The first-order valence-electron chi connectivity index (χ1n) is 7.17. The van der Waals surface area contributed by atoms with Crippen LogP contribution in [0.15, 0.2) is 46.9 Å². The minimum absolute atomic E-state index is 0.249. The molecule has 0 fully saturated rings. The molecule has 21 heavy (non-hydrogen) atoms. The van der Waals surface area contributed by atoms with Crippen LogP contribution in [0.25, 0.3) is 22.3 Å². The first kappa shape index (κ1) is 13.8. The standard InChI is InChI=1S/C18H18FNO/c1-3-20-11-13-5-6-15(16(19)9-13)18-10-14-8-12(2)4-7-17(14)21-18/h4-10,20H,3,11H2,1-2H3. The molecule has 0 bridgehead atoms. The van der Waals surface area contributed by atoms with E-state index in [1.165, 1.54) is 0 Å². The zero-order valence-electron chi connectivity index (χ0n) is 12.2. The van der Waals surface area contributed by atoms with Crippen molar-refractivity contribution >= 4 is 11.0 Å². The first-order chi connectivity index (χ1) is 10.2. The van der Waals surface area contributed by atoms with Gasteiger partial charge in [-0.1, -0.05) is 24.6 Å². The van der Waals surface area contributed by atoms with Crippen LogP contribution in [0.2, 0.25) is 0 Å². The number of fused-ring (bicyclic) bond motifs is 1. The molecule has 3 heteroatoms. The Morgan fingerprint density at radius 2 is 1.95 bits per heavy atom. The Balaban J connectivity index is 1.98. The van der Waals surface area contributed by atoms with Crippen molar-refractivity contribution in [1.29, 1.82) is 0 Å². The molecule has 3 rings (SSSR count). The van der Waals surface area contributed by atoms with Crippen LogP contribution in [0.1, 0.15) is 18.1 Å². The average Bonchev–Trinajstić information content (AvgIpc) is 2.87. The molecule has 0 aliphatic carbocycles. The van der Waals surface area contributed by atoms with Crippen LogP contribution in [-0.4, -0.2) is 6.54 Å². The molecule has 0 spiro atoms. The Kier molecular flexibility index (Phi) is 3.76. The van der Waals surface area contributed by atoms with Crippen LogP contribution in [0.5, 0.6) is 0 Å². The molecular weight excluding hydrogens is 265 g/mol. The van der Waals surface area contributed by atoms with E-state index in [-0.39, 0.29) is 5.82 Å². The predicted octanol–water partition coefficient (Wildman–Crippen LogP) is 4.66. The Morgan fingerprint density at radius 3 is 2.71 bits per heavy atom. The van der Waals surface area contributed by atoms with Gasteiger partial charge in [0, 0.05) is 11.9 Å². The van der Waals surface area contributed by atoms with Crippen LogP contribution < -0.4 is 5.32 Å². The minimum atomic E-state index is -0.249. The second-order valence-electron chi connectivity index (χ2n) is 5.25. The van der Waals surface area contributed by atoms with Gasteiger partial charge in [-0.3, -0.25) is 0 Å². The first-order valence-corrected chi connectivity index (χ1v) is 7.17. The van der Waals surface area contributed by atoms with Gasteiger partial charge in [-0.2, -0.15) is 0 Å². The van der Waals surface area contributed by atoms with Gasteiger partial charge in [0.2, 0.25) is 0 Å². The van der Waals surface area contributed by atoms with Gasteiger partial charge in [0.1, 0.15) is 17.2 Å². The highest BCUT2D eigenvalue weighted by Gasteiger charge is 2.11. The summed E-state index contributed by atoms with van der Waals surface area (Å²) in [6.07, 6.45) is 0. The predicted molar refractivity (Wildman–Crippen MR) is 83.7 cm³/mol. The molecule has 1 aromatic heterocycles. The smallest absolute Gasteiger partial charge is 0.138 e. The van der Waals surface area contributed by atoms with Gasteiger partial charge in [-0.15, -0.1) is 0 Å². The summed E-state index contributed by atoms with van der Waals surface area (Å²) < 4.78 is 20.0. The van der Waals surface area contributed by atoms with E-state index in [1.54, 1.807) is 12.1 Å². The second kappa shape index (κ2) is 5.70. The Bertz CT molecular complexity index is 776. The summed E-state index contributed by atoms with van der Waals surface area (Å²) in [5.41, 5.74) is 3.39. The summed E-state index contributed by atoms with van der Waals surface area (Å²) in [6.45, 7) is 5.60. The lowest BCUT2D eigenvalue weighted by atomic mass is 10.1. The molecule has 0 aliphatic heterocycles. The largest absolute Gasteiger partial charge is 0.456 e. The molecule has 0 amide bonds. The molecule has 1 N–H and O–H groups in total. The summed E-state index contributed by atoms with van der Waals surface area (Å²) >= 11 is 0. The van der Waals surface area contributed by atoms with E-state index in [4.69, 9.17) is 4.42 Å². The van der Waals surface area contributed by atoms with Crippen LogP contribution >= 0.6 is 0 Å². The number of hydrogen-bond acceptors (Lipinski definition) is 2. The van der Waals surface area contributed by atoms with Crippen molar-refractivity contribution in [3.8, 4) is 11.3 Å². The SMILES string of the molecule is CCNCc1ccc(-c2cc3cc(C)ccc3o2)c(F)c1. The molecule has 1 heterocycles. The third kappa shape index (κ3) is 2.83. The van der Waals surface area contributed by atoms with Crippen molar-refractivity contribution in [2.45, 2.75) is 20.4 Å². The van der Waals surface area contributed by atoms with Crippen molar-refractivity contribution in [2.24, 2.45) is 0 Å². The molecule has 3 aromatic rings. The fourth-order valence-electron chi connectivity index (χ4n) is 2.43. The fraction of sp³-hybridized carbons (Fsp3) is 0.222. The molecule has 2 aromatic carbocycles. The van der Waals surface area contributed by atoms with Gasteiger partial charge in [0.05, 0.1) is 5.56 Å². The van der Waals surface area contributed by atoms with E-state index in [2.05, 4.69) is 5.32 Å². The van der Waals surface area contributed by atoms with Gasteiger partial charge in [0.15, 0.2) is 0 Å². The molecule has 2 nitrogen and oxygen atoms in total. The molecule has 0 atom stereocenters. The number of benzene rings is 2.